The number of nitrogens with one attached hydrogen (secondary N) is 1. The fourth-order valence-corrected chi connectivity index (χ4v) is 5.15. The summed E-state index contributed by atoms with van der Waals surface area (Å²) in [5, 5.41) is 18.5. The minimum atomic E-state index is -2.96. The molecule has 190 valence electrons. The summed E-state index contributed by atoms with van der Waals surface area (Å²) in [5.74, 6) is -5.77. The number of anilines is 1. The summed E-state index contributed by atoms with van der Waals surface area (Å²) in [6.45, 7) is 2.18. The van der Waals surface area contributed by atoms with Gasteiger partial charge in [-0.2, -0.15) is 9.83 Å². The molecule has 3 atom stereocenters. The number of carbonyl (C=O) groups excluding carboxylic acids is 1. The first-order valence-electron chi connectivity index (χ1n) is 11.8. The minimum Gasteiger partial charge on any atom is -0.619 e. The van der Waals surface area contributed by atoms with Gasteiger partial charge in [0.2, 0.25) is 5.91 Å². The van der Waals surface area contributed by atoms with Crippen molar-refractivity contribution >= 4 is 11.7 Å². The molecule has 3 aromatic rings. The molecule has 0 bridgehead atoms. The number of halogens is 4. The van der Waals surface area contributed by atoms with Crippen molar-refractivity contribution in [1.29, 1.82) is 0 Å². The number of aryl methyl sites for hydroxylation is 1. The number of likely N-dealkylation sites (tertiary alicyclic amines) is 1. The van der Waals surface area contributed by atoms with E-state index >= 15 is 0 Å². The average molecular weight is 504 g/mol. The quantitative estimate of drug-likeness (QED) is 0.327. The van der Waals surface area contributed by atoms with E-state index in [-0.39, 0.29) is 19.0 Å². The number of hydrogen-bond acceptors (Lipinski definition) is 4. The van der Waals surface area contributed by atoms with E-state index in [1.165, 1.54) is 36.7 Å². The summed E-state index contributed by atoms with van der Waals surface area (Å²) in [7, 11) is 0. The molecule has 0 aliphatic carbocycles. The predicted octanol–water partition coefficient (Wildman–Crippen LogP) is 3.78. The van der Waals surface area contributed by atoms with E-state index in [4.69, 9.17) is 0 Å². The normalized spacial score (nSPS) is 22.2. The molecule has 1 N–H and O–H groups in total. The van der Waals surface area contributed by atoms with Crippen molar-refractivity contribution in [2.45, 2.75) is 50.1 Å². The first-order chi connectivity index (χ1) is 17.1. The summed E-state index contributed by atoms with van der Waals surface area (Å²) in [4.78, 5) is 14.7. The van der Waals surface area contributed by atoms with Crippen LogP contribution in [0.2, 0.25) is 0 Å². The summed E-state index contributed by atoms with van der Waals surface area (Å²) in [5.41, 5.74) is 1.58. The number of alkyl halides is 2. The molecule has 5 rings (SSSR count). The van der Waals surface area contributed by atoms with Crippen molar-refractivity contribution in [3.05, 3.63) is 82.5 Å². The molecule has 11 heteroatoms. The molecule has 2 aromatic heterocycles. The molecule has 4 heterocycles. The van der Waals surface area contributed by atoms with E-state index in [1.54, 1.807) is 22.6 Å². The van der Waals surface area contributed by atoms with Gasteiger partial charge in [-0.25, -0.2) is 17.6 Å². The molecule has 0 saturated carbocycles. The van der Waals surface area contributed by atoms with Gasteiger partial charge in [0.05, 0.1) is 12.0 Å². The molecule has 7 nitrogen and oxygen atoms in total. The van der Waals surface area contributed by atoms with Crippen LogP contribution in [0.4, 0.5) is 23.4 Å². The molecule has 2 aliphatic heterocycles. The fraction of sp³-hybridized carbons (Fsp3) is 0.400. The van der Waals surface area contributed by atoms with Gasteiger partial charge in [-0.1, -0.05) is 0 Å². The number of piperidine rings is 1. The maximum Gasteiger partial charge on any atom is 0.257 e. The van der Waals surface area contributed by atoms with E-state index in [0.717, 1.165) is 11.8 Å². The number of hydrogen-bond donors (Lipinski definition) is 1. The molecule has 0 spiro atoms. The lowest BCUT2D eigenvalue weighted by Gasteiger charge is -2.40. The molecular weight excluding hydrogens is 478 g/mol. The first kappa shape index (κ1) is 24.2. The van der Waals surface area contributed by atoms with Gasteiger partial charge < -0.3 is 10.5 Å². The van der Waals surface area contributed by atoms with Crippen molar-refractivity contribution in [2.75, 3.05) is 18.4 Å². The third kappa shape index (κ3) is 4.67. The standard InChI is InChI=1S/C25H25F4N5O2/c1-15(32-9-5-25(28,29)21(14-32)16-2-6-33(36)7-3-16)24(35)30-23-13-22-20(4-8-34(22)31-23)17-10-18(26)12-19(27)11-17/h2-3,6-7,10-13,15,20-21H,4-5,8-9,14H2,1H3,(H,30,31,35). The number of aromatic nitrogens is 3. The zero-order chi connectivity index (χ0) is 25.6. The molecule has 1 saturated heterocycles. The summed E-state index contributed by atoms with van der Waals surface area (Å²) in [6.07, 6.45) is 2.59. The molecule has 2 aliphatic rings. The van der Waals surface area contributed by atoms with E-state index in [0.29, 0.717) is 34.6 Å². The van der Waals surface area contributed by atoms with Crippen LogP contribution in [-0.4, -0.2) is 45.6 Å². The van der Waals surface area contributed by atoms with E-state index in [2.05, 4.69) is 10.4 Å². The topological polar surface area (TPSA) is 77.1 Å². The molecule has 36 heavy (non-hydrogen) atoms. The molecule has 1 amide bonds. The second-order valence-electron chi connectivity index (χ2n) is 9.44. The van der Waals surface area contributed by atoms with E-state index in [9.17, 15) is 27.6 Å². The van der Waals surface area contributed by atoms with Crippen LogP contribution >= 0.6 is 0 Å². The number of benzene rings is 1. The van der Waals surface area contributed by atoms with Crippen molar-refractivity contribution in [3.63, 3.8) is 0 Å². The Kier molecular flexibility index (Phi) is 6.19. The van der Waals surface area contributed by atoms with Crippen LogP contribution in [0.5, 0.6) is 0 Å². The second-order valence-corrected chi connectivity index (χ2v) is 9.44. The molecule has 1 aromatic carbocycles. The lowest BCUT2D eigenvalue weighted by molar-refractivity contribution is -0.605. The van der Waals surface area contributed by atoms with Gasteiger partial charge in [-0.05, 0) is 36.6 Å². The molecule has 3 unspecified atom stereocenters. The highest BCUT2D eigenvalue weighted by molar-refractivity contribution is 5.93. The van der Waals surface area contributed by atoms with Gasteiger partial charge in [0.1, 0.15) is 11.6 Å². The van der Waals surface area contributed by atoms with Crippen molar-refractivity contribution in [1.82, 2.24) is 14.7 Å². The highest BCUT2D eigenvalue weighted by Crippen LogP contribution is 2.41. The SMILES string of the molecule is CC(C(=O)Nc1cc2n(n1)CCC2c1cc(F)cc(F)c1)N1CCC(F)(F)C(c2cc[n+]([O-])cc2)C1. The maximum atomic E-state index is 14.7. The Morgan fingerprint density at radius 1 is 1.14 bits per heavy atom. The summed E-state index contributed by atoms with van der Waals surface area (Å²) >= 11 is 0. The Morgan fingerprint density at radius 2 is 1.83 bits per heavy atom. The van der Waals surface area contributed by atoms with Crippen LogP contribution in [0.25, 0.3) is 0 Å². The van der Waals surface area contributed by atoms with Gasteiger partial charge in [-0.3, -0.25) is 14.4 Å². The minimum absolute atomic E-state index is 0.0410. The maximum absolute atomic E-state index is 14.7. The van der Waals surface area contributed by atoms with Crippen molar-refractivity contribution in [2.24, 2.45) is 0 Å². The largest absolute Gasteiger partial charge is 0.619 e. The first-order valence-corrected chi connectivity index (χ1v) is 11.8. The Morgan fingerprint density at radius 3 is 2.53 bits per heavy atom. The van der Waals surface area contributed by atoms with Crippen LogP contribution in [-0.2, 0) is 11.3 Å². The number of carbonyl (C=O) groups is 1. The summed E-state index contributed by atoms with van der Waals surface area (Å²) < 4.78 is 59.0. The number of amides is 1. The lowest BCUT2D eigenvalue weighted by Crippen LogP contribution is -2.52. The van der Waals surface area contributed by atoms with Gasteiger partial charge in [0.15, 0.2) is 18.2 Å². The van der Waals surface area contributed by atoms with Crippen LogP contribution in [0, 0.1) is 16.8 Å². The van der Waals surface area contributed by atoms with Crippen molar-refractivity contribution in [3.8, 4) is 0 Å². The van der Waals surface area contributed by atoms with E-state index < -0.39 is 41.8 Å². The monoisotopic (exact) mass is 503 g/mol. The summed E-state index contributed by atoms with van der Waals surface area (Å²) in [6, 6.07) is 7.15. The highest BCUT2D eigenvalue weighted by Gasteiger charge is 2.46. The highest BCUT2D eigenvalue weighted by atomic mass is 19.3. The van der Waals surface area contributed by atoms with Gasteiger partial charge >= 0.3 is 0 Å². The van der Waals surface area contributed by atoms with Crippen LogP contribution in [0.15, 0.2) is 48.8 Å². The van der Waals surface area contributed by atoms with Crippen LogP contribution in [0.3, 0.4) is 0 Å². The predicted molar refractivity (Wildman–Crippen MR) is 122 cm³/mol. The molecular formula is C25H25F4N5O2. The number of fused-ring (bicyclic) bond motifs is 1. The Balaban J connectivity index is 1.28. The smallest absolute Gasteiger partial charge is 0.257 e. The second kappa shape index (κ2) is 9.20. The van der Waals surface area contributed by atoms with Gasteiger partial charge in [0, 0.05) is 61.9 Å². The third-order valence-electron chi connectivity index (χ3n) is 7.15. The zero-order valence-electron chi connectivity index (χ0n) is 19.5. The lowest BCUT2D eigenvalue weighted by atomic mass is 9.87. The zero-order valence-corrected chi connectivity index (χ0v) is 19.5. The Labute approximate surface area is 204 Å². The van der Waals surface area contributed by atoms with Crippen LogP contribution in [0.1, 0.15) is 48.4 Å². The molecule has 1 fully saturated rings. The van der Waals surface area contributed by atoms with Gasteiger partial charge in [-0.15, -0.1) is 0 Å². The Bertz CT molecular complexity index is 1260. The van der Waals surface area contributed by atoms with Crippen LogP contribution < -0.4 is 10.0 Å². The number of rotatable bonds is 5. The van der Waals surface area contributed by atoms with E-state index in [1.807, 2.05) is 0 Å². The number of pyridine rings is 1. The molecule has 0 radical (unpaired) electrons. The average Bonchev–Trinajstić information content (AvgIpc) is 3.39. The Hall–Kier alpha value is -3.47. The third-order valence-corrected chi connectivity index (χ3v) is 7.15. The van der Waals surface area contributed by atoms with Gasteiger partial charge in [0.25, 0.3) is 5.92 Å². The number of nitrogens with zero attached hydrogens (tertiary/aromatic N) is 4. The fourth-order valence-electron chi connectivity index (χ4n) is 5.15. The van der Waals surface area contributed by atoms with Crippen molar-refractivity contribution < 1.29 is 27.1 Å².